The summed E-state index contributed by atoms with van der Waals surface area (Å²) in [5.41, 5.74) is 2.85. The zero-order chi connectivity index (χ0) is 30.0. The molecule has 2 aromatic carbocycles. The molecule has 0 saturated heterocycles. The van der Waals surface area contributed by atoms with Crippen molar-refractivity contribution in [3.05, 3.63) is 57.8 Å². The molecule has 0 aromatic heterocycles. The molecule has 5 rings (SSSR count). The Morgan fingerprint density at radius 3 is 2.12 bits per heavy atom. The number of amides is 3. The molecule has 1 fully saturated rings. The molecule has 0 radical (unpaired) electrons. The predicted molar refractivity (Wildman–Crippen MR) is 155 cm³/mol. The molecule has 0 bridgehead atoms. The van der Waals surface area contributed by atoms with Crippen LogP contribution in [0.4, 0.5) is 0 Å². The molecular formula is C32H36N2O8. The van der Waals surface area contributed by atoms with Crippen LogP contribution in [0.2, 0.25) is 0 Å². The number of carbonyl (C=O) groups is 3. The molecule has 2 aromatic rings. The summed E-state index contributed by atoms with van der Waals surface area (Å²) in [6.45, 7) is 0.382. The van der Waals surface area contributed by atoms with Crippen molar-refractivity contribution in [2.24, 2.45) is 11.8 Å². The number of nitrogens with zero attached hydrogens (tertiary/aromatic N) is 1. The molecule has 1 atom stereocenters. The molecule has 10 heteroatoms. The number of fused-ring (bicyclic) bond motifs is 3. The lowest BCUT2D eigenvalue weighted by Crippen LogP contribution is -2.39. The van der Waals surface area contributed by atoms with Gasteiger partial charge in [-0.2, -0.15) is 0 Å². The van der Waals surface area contributed by atoms with Gasteiger partial charge in [0.1, 0.15) is 0 Å². The standard InChI is InChI=1S/C32H36N2O8/c1-39-25-12-10-21-22(16-24(25)35)23(11-9-20-15-26(40-2)30(41-3)31(42-4)29(20)21)33-32(38)19-7-5-18(6-8-19)17-34-27(36)13-14-28(34)37/h10,12-16,18-19,23H,5-9,11,17H2,1-4H3,(H,33,38)/t18?,19?,23-/m0/s1. The van der Waals surface area contributed by atoms with E-state index in [9.17, 15) is 19.2 Å². The van der Waals surface area contributed by atoms with E-state index in [2.05, 4.69) is 5.32 Å². The monoisotopic (exact) mass is 576 g/mol. The highest BCUT2D eigenvalue weighted by atomic mass is 16.5. The van der Waals surface area contributed by atoms with Gasteiger partial charge in [-0.3, -0.25) is 24.1 Å². The average molecular weight is 577 g/mol. The molecule has 2 aliphatic carbocycles. The summed E-state index contributed by atoms with van der Waals surface area (Å²) in [5, 5.41) is 3.24. The average Bonchev–Trinajstić information content (AvgIpc) is 3.14. The number of hydrogen-bond donors (Lipinski definition) is 1. The van der Waals surface area contributed by atoms with E-state index in [-0.39, 0.29) is 40.7 Å². The van der Waals surface area contributed by atoms with Crippen molar-refractivity contribution in [1.29, 1.82) is 0 Å². The largest absolute Gasteiger partial charge is 0.493 e. The molecule has 1 heterocycles. The Labute approximate surface area is 244 Å². The highest BCUT2D eigenvalue weighted by Gasteiger charge is 2.34. The lowest BCUT2D eigenvalue weighted by molar-refractivity contribution is -0.138. The molecule has 3 aliphatic rings. The predicted octanol–water partition coefficient (Wildman–Crippen LogP) is 3.58. The minimum Gasteiger partial charge on any atom is -0.493 e. The van der Waals surface area contributed by atoms with Crippen molar-refractivity contribution < 1.29 is 33.3 Å². The van der Waals surface area contributed by atoms with Crippen LogP contribution < -0.4 is 29.7 Å². The van der Waals surface area contributed by atoms with Crippen LogP contribution >= 0.6 is 0 Å². The number of carbonyl (C=O) groups excluding carboxylic acids is 3. The summed E-state index contributed by atoms with van der Waals surface area (Å²) >= 11 is 0. The third-order valence-corrected chi connectivity index (χ3v) is 8.60. The summed E-state index contributed by atoms with van der Waals surface area (Å²) in [7, 11) is 6.13. The van der Waals surface area contributed by atoms with Crippen LogP contribution in [-0.4, -0.2) is 57.6 Å². The number of hydrogen-bond acceptors (Lipinski definition) is 8. The van der Waals surface area contributed by atoms with Crippen molar-refractivity contribution >= 4 is 17.7 Å². The minimum atomic E-state index is -0.435. The smallest absolute Gasteiger partial charge is 0.253 e. The van der Waals surface area contributed by atoms with Crippen molar-refractivity contribution in [3.8, 4) is 34.1 Å². The molecule has 1 aliphatic heterocycles. The van der Waals surface area contributed by atoms with Crippen molar-refractivity contribution in [2.45, 2.75) is 44.6 Å². The summed E-state index contributed by atoms with van der Waals surface area (Å²) < 4.78 is 22.4. The van der Waals surface area contributed by atoms with Crippen LogP contribution in [0.1, 0.15) is 49.3 Å². The number of imide groups is 1. The van der Waals surface area contributed by atoms with Gasteiger partial charge in [-0.05, 0) is 79.3 Å². The SMILES string of the molecule is COc1cc2c(c(OC)c1OC)-c1ccc(OC)c(=O)cc1[C@@H](NC(=O)C1CCC(CN3C(=O)C=CC3=O)CC1)CC2. The number of methoxy groups -OCH3 is 4. The molecule has 0 unspecified atom stereocenters. The van der Waals surface area contributed by atoms with Gasteiger partial charge in [-0.1, -0.05) is 6.07 Å². The van der Waals surface area contributed by atoms with Crippen LogP contribution in [0.25, 0.3) is 11.1 Å². The van der Waals surface area contributed by atoms with Crippen molar-refractivity contribution in [3.63, 3.8) is 0 Å². The van der Waals surface area contributed by atoms with E-state index in [1.807, 2.05) is 12.1 Å². The Kier molecular flexibility index (Phi) is 8.51. The maximum Gasteiger partial charge on any atom is 0.253 e. The van der Waals surface area contributed by atoms with Gasteiger partial charge in [-0.15, -0.1) is 0 Å². The normalized spacial score (nSPS) is 21.2. The van der Waals surface area contributed by atoms with Gasteiger partial charge in [0.15, 0.2) is 17.2 Å². The lowest BCUT2D eigenvalue weighted by Gasteiger charge is -2.31. The lowest BCUT2D eigenvalue weighted by atomic mass is 9.81. The minimum absolute atomic E-state index is 0.0709. The highest BCUT2D eigenvalue weighted by molar-refractivity contribution is 6.12. The van der Waals surface area contributed by atoms with Crippen LogP contribution in [0.15, 0.2) is 41.2 Å². The number of rotatable bonds is 8. The van der Waals surface area contributed by atoms with Gasteiger partial charge in [0, 0.05) is 30.2 Å². The molecule has 10 nitrogen and oxygen atoms in total. The first-order chi connectivity index (χ1) is 20.3. The second-order valence-electron chi connectivity index (χ2n) is 10.9. The first-order valence-electron chi connectivity index (χ1n) is 14.2. The van der Waals surface area contributed by atoms with E-state index in [0.29, 0.717) is 55.0 Å². The Bertz CT molecular complexity index is 1470. The molecule has 0 spiro atoms. The summed E-state index contributed by atoms with van der Waals surface area (Å²) in [6, 6.07) is 6.49. The van der Waals surface area contributed by atoms with E-state index < -0.39 is 6.04 Å². The Morgan fingerprint density at radius 1 is 0.833 bits per heavy atom. The van der Waals surface area contributed by atoms with Gasteiger partial charge in [0.05, 0.1) is 34.5 Å². The summed E-state index contributed by atoms with van der Waals surface area (Å²) in [5.74, 6) is 0.998. The fraction of sp³-hybridized carbons (Fsp3) is 0.438. The highest BCUT2D eigenvalue weighted by Crippen LogP contribution is 2.50. The second kappa shape index (κ2) is 12.3. The van der Waals surface area contributed by atoms with Gasteiger partial charge in [-0.25, -0.2) is 0 Å². The quantitative estimate of drug-likeness (QED) is 0.474. The van der Waals surface area contributed by atoms with Gasteiger partial charge in [0.2, 0.25) is 17.1 Å². The van der Waals surface area contributed by atoms with E-state index >= 15 is 0 Å². The van der Waals surface area contributed by atoms with Gasteiger partial charge >= 0.3 is 0 Å². The third kappa shape index (κ3) is 5.45. The van der Waals surface area contributed by atoms with Crippen molar-refractivity contribution in [1.82, 2.24) is 10.2 Å². The fourth-order valence-electron chi connectivity index (χ4n) is 6.38. The number of ether oxygens (including phenoxy) is 4. The van der Waals surface area contributed by atoms with Gasteiger partial charge < -0.3 is 24.3 Å². The van der Waals surface area contributed by atoms with Crippen LogP contribution in [0, 0.1) is 11.8 Å². The topological polar surface area (TPSA) is 120 Å². The molecule has 222 valence electrons. The van der Waals surface area contributed by atoms with E-state index in [1.165, 1.54) is 24.2 Å². The number of nitrogens with one attached hydrogen (secondary N) is 1. The summed E-state index contributed by atoms with van der Waals surface area (Å²) in [4.78, 5) is 51.9. The summed E-state index contributed by atoms with van der Waals surface area (Å²) in [6.07, 6.45) is 6.56. The molecule has 42 heavy (non-hydrogen) atoms. The molecule has 1 saturated carbocycles. The molecule has 3 amide bonds. The maximum absolute atomic E-state index is 13.6. The Morgan fingerprint density at radius 2 is 1.50 bits per heavy atom. The molecular weight excluding hydrogens is 540 g/mol. The molecule has 1 N–H and O–H groups in total. The number of benzene rings is 1. The third-order valence-electron chi connectivity index (χ3n) is 8.60. The first-order valence-corrected chi connectivity index (χ1v) is 14.2. The first kappa shape index (κ1) is 29.2. The van der Waals surface area contributed by atoms with E-state index in [0.717, 1.165) is 29.5 Å². The Balaban J connectivity index is 1.43. The van der Waals surface area contributed by atoms with Crippen LogP contribution in [0.3, 0.4) is 0 Å². The van der Waals surface area contributed by atoms with E-state index in [1.54, 1.807) is 33.5 Å². The second-order valence-corrected chi connectivity index (χ2v) is 10.9. The zero-order valence-corrected chi connectivity index (χ0v) is 24.4. The van der Waals surface area contributed by atoms with Gasteiger partial charge in [0.25, 0.3) is 11.8 Å². The zero-order valence-electron chi connectivity index (χ0n) is 24.4. The maximum atomic E-state index is 13.6. The van der Waals surface area contributed by atoms with E-state index in [4.69, 9.17) is 18.9 Å². The Hall–Kier alpha value is -4.34. The fourth-order valence-corrected chi connectivity index (χ4v) is 6.38. The van der Waals surface area contributed by atoms with Crippen molar-refractivity contribution in [2.75, 3.05) is 35.0 Å². The van der Waals surface area contributed by atoms with Crippen LogP contribution in [-0.2, 0) is 20.8 Å². The van der Waals surface area contributed by atoms with Crippen LogP contribution in [0.5, 0.6) is 23.0 Å². The number of aryl methyl sites for hydroxylation is 1.